The van der Waals surface area contributed by atoms with Gasteiger partial charge in [-0.15, -0.1) is 0 Å². The Kier molecular flexibility index (Phi) is 31.4. The quantitative estimate of drug-likeness (QED) is 0.0262. The monoisotopic (exact) mass is 678 g/mol. The Labute approximate surface area is 279 Å². The van der Waals surface area contributed by atoms with Gasteiger partial charge in [-0.1, -0.05) is 129 Å². The molecule has 0 aromatic rings. The van der Waals surface area contributed by atoms with Crippen molar-refractivity contribution in [1.29, 1.82) is 0 Å². The van der Waals surface area contributed by atoms with Gasteiger partial charge in [0, 0.05) is 12.8 Å². The summed E-state index contributed by atoms with van der Waals surface area (Å²) >= 11 is 0. The lowest BCUT2D eigenvalue weighted by atomic mass is 10.0. The molecule has 3 N–H and O–H groups in total. The number of aliphatic hydroxyl groups is 2. The van der Waals surface area contributed by atoms with E-state index in [-0.39, 0.29) is 19.4 Å². The molecule has 0 fully saturated rings. The highest BCUT2D eigenvalue weighted by Gasteiger charge is 2.27. The second-order valence-corrected chi connectivity index (χ2v) is 13.7. The summed E-state index contributed by atoms with van der Waals surface area (Å²) in [6.45, 7) is 2.31. The maximum absolute atomic E-state index is 12.5. The summed E-state index contributed by atoms with van der Waals surface area (Å²) in [7, 11) is -4.60. The third kappa shape index (κ3) is 31.3. The first-order valence-electron chi connectivity index (χ1n) is 18.1. The van der Waals surface area contributed by atoms with Gasteiger partial charge in [0.25, 0.3) is 0 Å². The number of carbonyl (C=O) groups excluding carboxylic acids is 2. The molecule has 0 aliphatic rings. The van der Waals surface area contributed by atoms with Crippen LogP contribution in [0.4, 0.5) is 0 Å². The van der Waals surface area contributed by atoms with Gasteiger partial charge in [0.1, 0.15) is 12.7 Å². The third-order valence-electron chi connectivity index (χ3n) is 7.67. The molecule has 0 aromatic heterocycles. The zero-order valence-electron chi connectivity index (χ0n) is 29.0. The third-order valence-corrected chi connectivity index (χ3v) is 8.62. The number of unbranched alkanes of at least 4 members (excludes halogenated alkanes) is 18. The molecular formula is C35H67O10P. The number of esters is 2. The number of rotatable bonds is 34. The van der Waals surface area contributed by atoms with Gasteiger partial charge in [0.05, 0.1) is 19.8 Å². The SMILES string of the molecule is CCCC/C=C\CCCCCCCC(=O)OC(COC(=O)CCCCCCCCCCCCCC)COP(=O)(O)OCC(O)CO. The summed E-state index contributed by atoms with van der Waals surface area (Å²) in [5, 5.41) is 18.2. The average Bonchev–Trinajstić information content (AvgIpc) is 3.04. The van der Waals surface area contributed by atoms with E-state index in [1.54, 1.807) is 0 Å². The van der Waals surface area contributed by atoms with Crippen LogP contribution in [-0.4, -0.2) is 65.7 Å². The molecule has 272 valence electrons. The van der Waals surface area contributed by atoms with E-state index in [4.69, 9.17) is 19.1 Å². The maximum Gasteiger partial charge on any atom is 0.472 e. The second-order valence-electron chi connectivity index (χ2n) is 12.3. The van der Waals surface area contributed by atoms with E-state index in [1.165, 1.54) is 64.2 Å². The van der Waals surface area contributed by atoms with Gasteiger partial charge in [-0.05, 0) is 32.1 Å². The van der Waals surface area contributed by atoms with E-state index < -0.39 is 51.8 Å². The van der Waals surface area contributed by atoms with E-state index >= 15 is 0 Å². The number of allylic oxidation sites excluding steroid dienone is 2. The molecule has 0 aromatic carbocycles. The predicted molar refractivity (Wildman–Crippen MR) is 182 cm³/mol. The topological polar surface area (TPSA) is 149 Å². The largest absolute Gasteiger partial charge is 0.472 e. The van der Waals surface area contributed by atoms with Gasteiger partial charge in [-0.3, -0.25) is 18.6 Å². The number of aliphatic hydroxyl groups excluding tert-OH is 2. The molecule has 0 heterocycles. The molecule has 0 bridgehead atoms. The van der Waals surface area contributed by atoms with Crippen LogP contribution in [0.1, 0.15) is 162 Å². The first-order chi connectivity index (χ1) is 22.2. The van der Waals surface area contributed by atoms with Crippen LogP contribution in [0.2, 0.25) is 0 Å². The summed E-state index contributed by atoms with van der Waals surface area (Å²) in [6, 6.07) is 0. The number of hydrogen-bond donors (Lipinski definition) is 3. The van der Waals surface area contributed by atoms with Crippen molar-refractivity contribution >= 4 is 19.8 Å². The fraction of sp³-hybridized carbons (Fsp3) is 0.886. The van der Waals surface area contributed by atoms with Crippen molar-refractivity contribution in [2.45, 2.75) is 174 Å². The zero-order valence-corrected chi connectivity index (χ0v) is 29.9. The van der Waals surface area contributed by atoms with Gasteiger partial charge in [0.2, 0.25) is 0 Å². The first kappa shape index (κ1) is 44.7. The van der Waals surface area contributed by atoms with Gasteiger partial charge in [-0.25, -0.2) is 4.57 Å². The van der Waals surface area contributed by atoms with Crippen molar-refractivity contribution in [1.82, 2.24) is 0 Å². The standard InChI is InChI=1S/C35H67O10P/c1-3-5-7-9-11-13-15-17-18-20-22-24-26-34(38)42-30-33(31-44-46(40,41)43-29-32(37)28-36)45-35(39)27-25-23-21-19-16-14-12-10-8-6-4-2/h10,12,32-33,36-37H,3-9,11,13-31H2,1-2H3,(H,40,41)/b12-10-. The highest BCUT2D eigenvalue weighted by Crippen LogP contribution is 2.43. The lowest BCUT2D eigenvalue weighted by molar-refractivity contribution is -0.161. The van der Waals surface area contributed by atoms with Crippen LogP contribution in [-0.2, 0) is 32.7 Å². The van der Waals surface area contributed by atoms with Crippen LogP contribution < -0.4 is 0 Å². The molecule has 0 spiro atoms. The summed E-state index contributed by atoms with van der Waals surface area (Å²) in [5.74, 6) is -0.934. The molecule has 0 amide bonds. The Hall–Kier alpha value is -1.29. The molecule has 3 atom stereocenters. The van der Waals surface area contributed by atoms with E-state index in [2.05, 4.69) is 30.5 Å². The van der Waals surface area contributed by atoms with E-state index in [0.29, 0.717) is 12.8 Å². The van der Waals surface area contributed by atoms with Crippen LogP contribution in [0.25, 0.3) is 0 Å². The van der Waals surface area contributed by atoms with Gasteiger partial charge in [0.15, 0.2) is 6.10 Å². The van der Waals surface area contributed by atoms with Crippen molar-refractivity contribution in [2.75, 3.05) is 26.4 Å². The zero-order chi connectivity index (χ0) is 34.1. The second kappa shape index (κ2) is 32.3. The van der Waals surface area contributed by atoms with Crippen molar-refractivity contribution < 1.29 is 47.8 Å². The molecule has 0 radical (unpaired) electrons. The van der Waals surface area contributed by atoms with Crippen molar-refractivity contribution in [3.8, 4) is 0 Å². The molecule has 3 unspecified atom stereocenters. The van der Waals surface area contributed by atoms with E-state index in [1.807, 2.05) is 0 Å². The van der Waals surface area contributed by atoms with Gasteiger partial charge < -0.3 is 24.6 Å². The normalized spacial score (nSPS) is 14.3. The van der Waals surface area contributed by atoms with Crippen LogP contribution in [0.3, 0.4) is 0 Å². The summed E-state index contributed by atoms with van der Waals surface area (Å²) < 4.78 is 32.5. The molecule has 11 heteroatoms. The van der Waals surface area contributed by atoms with Crippen LogP contribution >= 0.6 is 7.82 Å². The molecule has 0 saturated heterocycles. The summed E-state index contributed by atoms with van der Waals surface area (Å²) in [5.41, 5.74) is 0. The Bertz CT molecular complexity index is 791. The number of phosphoric acid groups is 1. The first-order valence-corrected chi connectivity index (χ1v) is 19.6. The van der Waals surface area contributed by atoms with Gasteiger partial charge >= 0.3 is 19.8 Å². The number of carbonyl (C=O) groups is 2. The smallest absolute Gasteiger partial charge is 0.462 e. The number of hydrogen-bond acceptors (Lipinski definition) is 9. The van der Waals surface area contributed by atoms with Crippen molar-refractivity contribution in [3.05, 3.63) is 12.2 Å². The molecular weight excluding hydrogens is 611 g/mol. The lowest BCUT2D eigenvalue weighted by Crippen LogP contribution is -2.29. The fourth-order valence-electron chi connectivity index (χ4n) is 4.80. The molecule has 10 nitrogen and oxygen atoms in total. The van der Waals surface area contributed by atoms with E-state index in [9.17, 15) is 24.2 Å². The van der Waals surface area contributed by atoms with Gasteiger partial charge in [-0.2, -0.15) is 0 Å². The number of phosphoric ester groups is 1. The van der Waals surface area contributed by atoms with Crippen LogP contribution in [0, 0.1) is 0 Å². The summed E-state index contributed by atoms with van der Waals surface area (Å²) in [6.07, 6.45) is 26.1. The fourth-order valence-corrected chi connectivity index (χ4v) is 5.59. The lowest BCUT2D eigenvalue weighted by Gasteiger charge is -2.20. The van der Waals surface area contributed by atoms with E-state index in [0.717, 1.165) is 57.8 Å². The molecule has 0 rings (SSSR count). The van der Waals surface area contributed by atoms with Crippen LogP contribution in [0.5, 0.6) is 0 Å². The Morgan fingerprint density at radius 1 is 0.630 bits per heavy atom. The highest BCUT2D eigenvalue weighted by molar-refractivity contribution is 7.47. The Balaban J connectivity index is 4.40. The molecule has 46 heavy (non-hydrogen) atoms. The predicted octanol–water partition coefficient (Wildman–Crippen LogP) is 8.50. The highest BCUT2D eigenvalue weighted by atomic mass is 31.2. The average molecular weight is 679 g/mol. The minimum absolute atomic E-state index is 0.177. The molecule has 0 aliphatic carbocycles. The Morgan fingerprint density at radius 3 is 1.63 bits per heavy atom. The van der Waals surface area contributed by atoms with Crippen molar-refractivity contribution in [3.63, 3.8) is 0 Å². The number of ether oxygens (including phenoxy) is 2. The summed E-state index contributed by atoms with van der Waals surface area (Å²) in [4.78, 5) is 34.7. The molecule has 0 aliphatic heterocycles. The van der Waals surface area contributed by atoms with Crippen LogP contribution in [0.15, 0.2) is 12.2 Å². The maximum atomic E-state index is 12.5. The minimum Gasteiger partial charge on any atom is -0.462 e. The Morgan fingerprint density at radius 2 is 1.09 bits per heavy atom. The molecule has 0 saturated carbocycles. The minimum atomic E-state index is -4.60. The van der Waals surface area contributed by atoms with Crippen molar-refractivity contribution in [2.24, 2.45) is 0 Å².